The lowest BCUT2D eigenvalue weighted by Gasteiger charge is -2.33. The van der Waals surface area contributed by atoms with Crippen molar-refractivity contribution in [2.75, 3.05) is 31.2 Å². The largest absolute Gasteiger partial charge is 0.381 e. The fourth-order valence-corrected chi connectivity index (χ4v) is 9.63. The minimum Gasteiger partial charge on any atom is -0.381 e. The molecule has 3 amide bonds. The van der Waals surface area contributed by atoms with E-state index in [9.17, 15) is 19.2 Å². The van der Waals surface area contributed by atoms with E-state index in [4.69, 9.17) is 14.7 Å². The van der Waals surface area contributed by atoms with Crippen molar-refractivity contribution < 1.29 is 19.1 Å². The second-order valence-electron chi connectivity index (χ2n) is 15.6. The smallest absolute Gasteiger partial charge is 0.270 e. The predicted molar refractivity (Wildman–Crippen MR) is 228 cm³/mol. The number of rotatable bonds is 6. The van der Waals surface area contributed by atoms with Gasteiger partial charge in [0.25, 0.3) is 11.5 Å². The molecule has 2 fully saturated rings. The highest BCUT2D eigenvalue weighted by Crippen LogP contribution is 2.41. The summed E-state index contributed by atoms with van der Waals surface area (Å²) in [4.78, 5) is 68.0. The van der Waals surface area contributed by atoms with Gasteiger partial charge in [0.15, 0.2) is 5.82 Å². The lowest BCUT2D eigenvalue weighted by molar-refractivity contribution is -0.134. The van der Waals surface area contributed by atoms with Crippen LogP contribution in [0.25, 0.3) is 32.4 Å². The molecule has 3 aliphatic rings. The Balaban J connectivity index is 0.918. The van der Waals surface area contributed by atoms with Gasteiger partial charge >= 0.3 is 0 Å². The van der Waals surface area contributed by atoms with Crippen LogP contribution in [0.15, 0.2) is 65.7 Å². The van der Waals surface area contributed by atoms with E-state index in [-0.39, 0.29) is 35.7 Å². The topological polar surface area (TPSA) is 148 Å². The van der Waals surface area contributed by atoms with Crippen molar-refractivity contribution in [2.45, 2.75) is 64.2 Å². The van der Waals surface area contributed by atoms with Gasteiger partial charge in [-0.15, -0.1) is 11.3 Å². The van der Waals surface area contributed by atoms with Crippen molar-refractivity contribution >= 4 is 61.4 Å². The molecule has 6 aromatic rings. The first-order valence-corrected chi connectivity index (χ1v) is 20.9. The monoisotopic (exact) mass is 805 g/mol. The van der Waals surface area contributed by atoms with Crippen LogP contribution in [0.5, 0.6) is 0 Å². The Kier molecular flexibility index (Phi) is 10.3. The predicted octanol–water partition coefficient (Wildman–Crippen LogP) is 6.50. The van der Waals surface area contributed by atoms with Crippen molar-refractivity contribution in [3.05, 3.63) is 110 Å². The molecule has 2 saturated heterocycles. The SMILES string of the molecule is Cc1cc(-c2ncc3c(n2)CCCN3c2cc(C3CCOCC3)cc3c2cc(C)c(=O)n3C)cnc1C(=O)NCC#Cc1cc2c(C3CCC(=O)NC3=O)cccc2s1. The van der Waals surface area contributed by atoms with Gasteiger partial charge in [0, 0.05) is 60.6 Å². The fraction of sp³-hybridized carbons (Fsp3) is 0.326. The number of nitrogens with zero attached hydrogens (tertiary/aromatic N) is 5. The standard InChI is InChI=1S/C46H43N7O5S/c1-26-19-30(24-48-42(26)45(56)47-15-5-7-31-23-34-32(8-4-10-40(34)59-31)33-11-12-41(54)51-44(33)55)43-49-25-39-36(50-43)9-6-16-53(39)38-22-29(28-13-17-58-18-14-28)21-37-35(38)20-27(2)46(57)52(37)3/h4,8,10,19-25,28,33H,6,9,11-18H2,1-3H3,(H,47,56)(H,51,54,55). The maximum absolute atomic E-state index is 13.2. The van der Waals surface area contributed by atoms with Crippen LogP contribution in [0.2, 0.25) is 0 Å². The van der Waals surface area contributed by atoms with Crippen molar-refractivity contribution in [3.8, 4) is 23.2 Å². The van der Waals surface area contributed by atoms with Gasteiger partial charge in [-0.05, 0) is 110 Å². The Morgan fingerprint density at radius 2 is 1.81 bits per heavy atom. The number of carbonyl (C=O) groups excluding carboxylic acids is 3. The molecule has 2 N–H and O–H groups in total. The number of anilines is 2. The Morgan fingerprint density at radius 3 is 2.63 bits per heavy atom. The van der Waals surface area contributed by atoms with Crippen LogP contribution in [-0.2, 0) is 27.8 Å². The molecule has 298 valence electrons. The molecule has 0 aliphatic carbocycles. The fourth-order valence-electron chi connectivity index (χ4n) is 8.66. The van der Waals surface area contributed by atoms with Gasteiger partial charge in [0.05, 0.1) is 46.1 Å². The third-order valence-corrected chi connectivity index (χ3v) is 12.8. The highest BCUT2D eigenvalue weighted by Gasteiger charge is 2.30. The summed E-state index contributed by atoms with van der Waals surface area (Å²) in [6, 6.07) is 16.2. The minimum atomic E-state index is -0.377. The van der Waals surface area contributed by atoms with E-state index < -0.39 is 0 Å². The summed E-state index contributed by atoms with van der Waals surface area (Å²) in [6.45, 7) is 6.11. The molecule has 0 radical (unpaired) electrons. The number of ether oxygens (including phenoxy) is 1. The maximum atomic E-state index is 13.2. The van der Waals surface area contributed by atoms with Gasteiger partial charge in [-0.1, -0.05) is 24.0 Å². The number of imide groups is 1. The number of hydrogen-bond donors (Lipinski definition) is 2. The van der Waals surface area contributed by atoms with Crippen molar-refractivity contribution in [2.24, 2.45) is 7.05 Å². The van der Waals surface area contributed by atoms with Crippen molar-refractivity contribution in [1.82, 2.24) is 30.2 Å². The molecule has 1 unspecified atom stereocenters. The number of amides is 3. The van der Waals surface area contributed by atoms with Gasteiger partial charge in [-0.25, -0.2) is 9.97 Å². The van der Waals surface area contributed by atoms with E-state index in [2.05, 4.69) is 44.5 Å². The second kappa shape index (κ2) is 15.8. The first kappa shape index (κ1) is 38.3. The molecule has 2 aromatic carbocycles. The molecular weight excluding hydrogens is 763 g/mol. The summed E-state index contributed by atoms with van der Waals surface area (Å²) >= 11 is 1.52. The molecule has 0 bridgehead atoms. The Labute approximate surface area is 345 Å². The molecule has 3 aliphatic heterocycles. The molecule has 9 rings (SSSR count). The summed E-state index contributed by atoms with van der Waals surface area (Å²) in [6.07, 6.45) is 7.92. The van der Waals surface area contributed by atoms with Crippen molar-refractivity contribution in [1.29, 1.82) is 0 Å². The molecule has 4 aromatic heterocycles. The van der Waals surface area contributed by atoms with Crippen LogP contribution >= 0.6 is 11.3 Å². The molecule has 12 nitrogen and oxygen atoms in total. The number of aryl methyl sites for hydroxylation is 4. The Hall–Kier alpha value is -6.23. The number of aromatic nitrogens is 4. The van der Waals surface area contributed by atoms with E-state index >= 15 is 0 Å². The van der Waals surface area contributed by atoms with Crippen molar-refractivity contribution in [3.63, 3.8) is 0 Å². The van der Waals surface area contributed by atoms with Gasteiger partial charge < -0.3 is 19.5 Å². The lowest BCUT2D eigenvalue weighted by Crippen LogP contribution is -2.39. The van der Waals surface area contributed by atoms with Crippen LogP contribution in [0.1, 0.15) is 87.3 Å². The Morgan fingerprint density at radius 1 is 0.966 bits per heavy atom. The average molecular weight is 806 g/mol. The van der Waals surface area contributed by atoms with E-state index in [1.807, 2.05) is 63.5 Å². The number of carbonyl (C=O) groups is 3. The lowest BCUT2D eigenvalue weighted by atomic mass is 9.88. The van der Waals surface area contributed by atoms with Gasteiger partial charge in [-0.2, -0.15) is 0 Å². The number of hydrogen-bond acceptors (Lipinski definition) is 10. The quantitative estimate of drug-likeness (QED) is 0.142. The number of nitrogens with one attached hydrogen (secondary N) is 2. The first-order chi connectivity index (χ1) is 28.6. The molecule has 1 atom stereocenters. The number of piperidine rings is 1. The van der Waals surface area contributed by atoms with E-state index in [1.165, 1.54) is 16.9 Å². The number of pyridine rings is 2. The molecule has 7 heterocycles. The Bertz CT molecular complexity index is 2830. The summed E-state index contributed by atoms with van der Waals surface area (Å²) in [5.74, 6) is 5.89. The minimum absolute atomic E-state index is 0.00774. The van der Waals surface area contributed by atoms with E-state index in [0.29, 0.717) is 41.4 Å². The van der Waals surface area contributed by atoms with Crippen LogP contribution in [0.3, 0.4) is 0 Å². The number of fused-ring (bicyclic) bond motifs is 3. The number of benzene rings is 2. The molecule has 59 heavy (non-hydrogen) atoms. The zero-order valence-corrected chi connectivity index (χ0v) is 34.0. The van der Waals surface area contributed by atoms with Crippen LogP contribution in [-0.4, -0.2) is 63.5 Å². The molecule has 0 spiro atoms. The van der Waals surface area contributed by atoms with Gasteiger partial charge in [0.1, 0.15) is 5.69 Å². The highest BCUT2D eigenvalue weighted by molar-refractivity contribution is 7.19. The summed E-state index contributed by atoms with van der Waals surface area (Å²) in [7, 11) is 1.85. The zero-order chi connectivity index (χ0) is 40.8. The summed E-state index contributed by atoms with van der Waals surface area (Å²) in [5, 5.41) is 7.30. The third-order valence-electron chi connectivity index (χ3n) is 11.7. The summed E-state index contributed by atoms with van der Waals surface area (Å²) < 4.78 is 8.45. The maximum Gasteiger partial charge on any atom is 0.270 e. The molecule has 0 saturated carbocycles. The van der Waals surface area contributed by atoms with Gasteiger partial charge in [-0.3, -0.25) is 29.5 Å². The first-order valence-electron chi connectivity index (χ1n) is 20.1. The van der Waals surface area contributed by atoms with Gasteiger partial charge in [0.2, 0.25) is 11.8 Å². The highest BCUT2D eigenvalue weighted by atomic mass is 32.1. The van der Waals surface area contributed by atoms with E-state index in [0.717, 1.165) is 99.5 Å². The second-order valence-corrected chi connectivity index (χ2v) is 16.7. The van der Waals surface area contributed by atoms with E-state index in [1.54, 1.807) is 10.8 Å². The van der Waals surface area contributed by atoms with Crippen LogP contribution in [0.4, 0.5) is 11.4 Å². The zero-order valence-electron chi connectivity index (χ0n) is 33.2. The van der Waals surface area contributed by atoms with Crippen LogP contribution in [0, 0.1) is 25.7 Å². The number of thiophene rings is 1. The average Bonchev–Trinajstić information content (AvgIpc) is 3.67. The van der Waals surface area contributed by atoms with Crippen LogP contribution < -0.4 is 21.1 Å². The normalized spacial score (nSPS) is 17.1. The molecular formula is C46H43N7O5S. The third kappa shape index (κ3) is 7.39. The molecule has 13 heteroatoms. The summed E-state index contributed by atoms with van der Waals surface area (Å²) in [5.41, 5.74) is 8.40.